The topological polar surface area (TPSA) is 80.5 Å². The lowest BCUT2D eigenvalue weighted by molar-refractivity contribution is 0.696. The Morgan fingerprint density at radius 1 is 1.82 bits per heavy atom. The number of nitrogens with two attached hydrogens (primary N) is 1. The molecule has 0 atom stereocenters. The first-order chi connectivity index (χ1) is 5.27. The first-order valence-electron chi connectivity index (χ1n) is 2.89. The Bertz CT molecular complexity index is 286. The number of nitrogens with zero attached hydrogens (tertiary/aromatic N) is 4. The van der Waals surface area contributed by atoms with Gasteiger partial charge in [0.05, 0.1) is 6.07 Å². The van der Waals surface area contributed by atoms with Crippen LogP contribution in [-0.2, 0) is 6.54 Å². The van der Waals surface area contributed by atoms with Gasteiger partial charge in [-0.3, -0.25) is 0 Å². The first kappa shape index (κ1) is 7.88. The van der Waals surface area contributed by atoms with Crippen LogP contribution in [0.15, 0.2) is 5.16 Å². The number of thioether (sulfide) groups is 1. The number of anilines is 1. The van der Waals surface area contributed by atoms with Crippen molar-refractivity contribution in [3.63, 3.8) is 0 Å². The molecule has 58 valence electrons. The van der Waals surface area contributed by atoms with Crippen molar-refractivity contribution in [2.24, 2.45) is 0 Å². The molecule has 11 heavy (non-hydrogen) atoms. The predicted octanol–water partition coefficient (Wildman–Crippen LogP) is 0.106. The summed E-state index contributed by atoms with van der Waals surface area (Å²) >= 11 is 1.40. The van der Waals surface area contributed by atoms with Crippen LogP contribution in [-0.4, -0.2) is 21.0 Å². The molecule has 0 radical (unpaired) electrons. The molecular weight excluding hydrogens is 162 g/mol. The van der Waals surface area contributed by atoms with Gasteiger partial charge in [0.1, 0.15) is 6.54 Å². The van der Waals surface area contributed by atoms with Crippen LogP contribution in [0.4, 0.5) is 5.95 Å². The highest BCUT2D eigenvalue weighted by molar-refractivity contribution is 7.98. The van der Waals surface area contributed by atoms with E-state index >= 15 is 0 Å². The zero-order valence-electron chi connectivity index (χ0n) is 5.98. The van der Waals surface area contributed by atoms with Crippen molar-refractivity contribution in [3.05, 3.63) is 0 Å². The summed E-state index contributed by atoms with van der Waals surface area (Å²) in [6, 6.07) is 1.93. The smallest absolute Gasteiger partial charge is 0.220 e. The van der Waals surface area contributed by atoms with E-state index in [1.54, 1.807) is 0 Å². The summed E-state index contributed by atoms with van der Waals surface area (Å²) in [6.07, 6.45) is 1.85. The van der Waals surface area contributed by atoms with Crippen molar-refractivity contribution in [2.45, 2.75) is 11.7 Å². The monoisotopic (exact) mass is 169 g/mol. The maximum Gasteiger partial charge on any atom is 0.220 e. The van der Waals surface area contributed by atoms with Crippen molar-refractivity contribution in [1.29, 1.82) is 5.26 Å². The van der Waals surface area contributed by atoms with Gasteiger partial charge in [0, 0.05) is 0 Å². The predicted molar refractivity (Wildman–Crippen MR) is 41.8 cm³/mol. The molecule has 0 saturated carbocycles. The van der Waals surface area contributed by atoms with Crippen molar-refractivity contribution in [3.8, 4) is 6.07 Å². The third kappa shape index (κ3) is 1.62. The van der Waals surface area contributed by atoms with Crippen LogP contribution in [0.5, 0.6) is 0 Å². The standard InChI is InChI=1S/C5H7N5S/c1-11-5-8-4(7)10(9-5)3-2-6/h3H2,1H3,(H2,7,8,9). The van der Waals surface area contributed by atoms with Gasteiger partial charge in [-0.1, -0.05) is 11.8 Å². The normalized spacial score (nSPS) is 9.45. The Hall–Kier alpha value is -1.22. The van der Waals surface area contributed by atoms with E-state index in [-0.39, 0.29) is 12.5 Å². The van der Waals surface area contributed by atoms with E-state index in [1.165, 1.54) is 16.4 Å². The Balaban J connectivity index is 2.90. The highest BCUT2D eigenvalue weighted by atomic mass is 32.2. The van der Waals surface area contributed by atoms with Gasteiger partial charge in [-0.25, -0.2) is 4.68 Å². The van der Waals surface area contributed by atoms with Gasteiger partial charge in [-0.15, -0.1) is 5.10 Å². The van der Waals surface area contributed by atoms with E-state index < -0.39 is 0 Å². The molecule has 2 N–H and O–H groups in total. The zero-order valence-corrected chi connectivity index (χ0v) is 6.80. The van der Waals surface area contributed by atoms with Gasteiger partial charge in [0.2, 0.25) is 11.1 Å². The molecule has 1 rings (SSSR count). The first-order valence-corrected chi connectivity index (χ1v) is 4.11. The number of nitrogen functional groups attached to an aromatic ring is 1. The Kier molecular flexibility index (Phi) is 2.33. The van der Waals surface area contributed by atoms with Gasteiger partial charge in [0.25, 0.3) is 0 Å². The Labute approximate surface area is 68.2 Å². The number of aromatic nitrogens is 3. The fourth-order valence-corrected chi connectivity index (χ4v) is 0.967. The van der Waals surface area contributed by atoms with Gasteiger partial charge >= 0.3 is 0 Å². The van der Waals surface area contributed by atoms with Crippen LogP contribution in [0.25, 0.3) is 0 Å². The van der Waals surface area contributed by atoms with Crippen molar-refractivity contribution in [2.75, 3.05) is 12.0 Å². The number of nitriles is 1. The van der Waals surface area contributed by atoms with E-state index in [2.05, 4.69) is 10.1 Å². The van der Waals surface area contributed by atoms with Crippen molar-refractivity contribution < 1.29 is 0 Å². The SMILES string of the molecule is CSc1nc(N)n(CC#N)n1. The molecule has 0 aromatic carbocycles. The molecule has 0 unspecified atom stereocenters. The van der Waals surface area contributed by atoms with Crippen LogP contribution >= 0.6 is 11.8 Å². The molecule has 0 aliphatic rings. The third-order valence-corrected chi connectivity index (χ3v) is 1.62. The summed E-state index contributed by atoms with van der Waals surface area (Å²) in [5.41, 5.74) is 5.43. The second-order valence-electron chi connectivity index (χ2n) is 1.77. The van der Waals surface area contributed by atoms with Crippen molar-refractivity contribution in [1.82, 2.24) is 14.8 Å². The molecule has 1 heterocycles. The van der Waals surface area contributed by atoms with E-state index in [4.69, 9.17) is 11.0 Å². The molecule has 5 nitrogen and oxygen atoms in total. The molecular formula is C5H7N5S. The maximum atomic E-state index is 8.33. The lowest BCUT2D eigenvalue weighted by atomic mass is 10.7. The summed E-state index contributed by atoms with van der Waals surface area (Å²) in [6.45, 7) is 0.152. The molecule has 0 spiro atoms. The third-order valence-electron chi connectivity index (χ3n) is 1.08. The molecule has 0 aliphatic carbocycles. The van der Waals surface area contributed by atoms with Crippen LogP contribution in [0, 0.1) is 11.3 Å². The van der Waals surface area contributed by atoms with E-state index in [9.17, 15) is 0 Å². The summed E-state index contributed by atoms with van der Waals surface area (Å²) in [5.74, 6) is 0.288. The average molecular weight is 169 g/mol. The molecule has 1 aromatic heterocycles. The van der Waals surface area contributed by atoms with Crippen LogP contribution in [0.1, 0.15) is 0 Å². The number of rotatable bonds is 2. The molecule has 1 aromatic rings. The maximum absolute atomic E-state index is 8.33. The molecule has 0 fully saturated rings. The van der Waals surface area contributed by atoms with E-state index in [1.807, 2.05) is 12.3 Å². The second kappa shape index (κ2) is 3.25. The summed E-state index contributed by atoms with van der Waals surface area (Å²) in [5, 5.41) is 12.9. The zero-order chi connectivity index (χ0) is 8.27. The van der Waals surface area contributed by atoms with Crippen LogP contribution < -0.4 is 5.73 Å². The minimum Gasteiger partial charge on any atom is -0.368 e. The Morgan fingerprint density at radius 2 is 2.55 bits per heavy atom. The summed E-state index contributed by atoms with van der Waals surface area (Å²) in [4.78, 5) is 3.89. The lowest BCUT2D eigenvalue weighted by Gasteiger charge is -1.90. The molecule has 0 saturated heterocycles. The van der Waals surface area contributed by atoms with Crippen LogP contribution in [0.3, 0.4) is 0 Å². The van der Waals surface area contributed by atoms with Crippen LogP contribution in [0.2, 0.25) is 0 Å². The van der Waals surface area contributed by atoms with Gasteiger partial charge in [-0.05, 0) is 6.26 Å². The van der Waals surface area contributed by atoms with Gasteiger partial charge in [-0.2, -0.15) is 10.2 Å². The highest BCUT2D eigenvalue weighted by Gasteiger charge is 2.03. The number of hydrogen-bond acceptors (Lipinski definition) is 5. The lowest BCUT2D eigenvalue weighted by Crippen LogP contribution is -2.03. The van der Waals surface area contributed by atoms with Gasteiger partial charge < -0.3 is 5.73 Å². The second-order valence-corrected chi connectivity index (χ2v) is 2.55. The Morgan fingerprint density at radius 3 is 3.00 bits per heavy atom. The minimum atomic E-state index is 0.152. The molecule has 0 aliphatic heterocycles. The average Bonchev–Trinajstić information content (AvgIpc) is 2.33. The fraction of sp³-hybridized carbons (Fsp3) is 0.400. The summed E-state index contributed by atoms with van der Waals surface area (Å²) in [7, 11) is 0. The molecule has 6 heteroatoms. The number of hydrogen-bond donors (Lipinski definition) is 1. The quantitative estimate of drug-likeness (QED) is 0.635. The fourth-order valence-electron chi connectivity index (χ4n) is 0.602. The van der Waals surface area contributed by atoms with E-state index in [0.717, 1.165) is 0 Å². The highest BCUT2D eigenvalue weighted by Crippen LogP contribution is 2.10. The summed E-state index contributed by atoms with van der Waals surface area (Å²) < 4.78 is 1.37. The molecule has 0 bridgehead atoms. The van der Waals surface area contributed by atoms with E-state index in [0.29, 0.717) is 5.16 Å². The minimum absolute atomic E-state index is 0.152. The largest absolute Gasteiger partial charge is 0.368 e. The van der Waals surface area contributed by atoms with Gasteiger partial charge in [0.15, 0.2) is 0 Å². The van der Waals surface area contributed by atoms with Crippen molar-refractivity contribution >= 4 is 17.7 Å². The molecule has 0 amide bonds.